The predicted molar refractivity (Wildman–Crippen MR) is 109 cm³/mol. The Bertz CT molecular complexity index is 1150. The zero-order valence-corrected chi connectivity index (χ0v) is 17.1. The molecule has 0 aliphatic heterocycles. The first-order valence-electron chi connectivity index (χ1n) is 9.51. The van der Waals surface area contributed by atoms with Crippen LogP contribution >= 0.6 is 0 Å². The third-order valence-electron chi connectivity index (χ3n) is 4.88. The van der Waals surface area contributed by atoms with Crippen LogP contribution in [0.3, 0.4) is 0 Å². The molecule has 1 atom stereocenters. The number of nitrogens with zero attached hydrogens (tertiary/aromatic N) is 4. The smallest absolute Gasteiger partial charge is 0.322 e. The third kappa shape index (κ3) is 5.42. The summed E-state index contributed by atoms with van der Waals surface area (Å²) in [5.74, 6) is 2.66. The highest BCUT2D eigenvalue weighted by Gasteiger charge is 2.45. The Morgan fingerprint density at radius 3 is 1.97 bits per heavy atom. The van der Waals surface area contributed by atoms with E-state index in [2.05, 4.69) is 15.1 Å². The first kappa shape index (κ1) is 24.9. The maximum atomic E-state index is 15.5. The fourth-order valence-electron chi connectivity index (χ4n) is 3.21. The van der Waals surface area contributed by atoms with E-state index < -0.39 is 53.1 Å². The number of pyridine rings is 2. The molecule has 0 spiro atoms. The van der Waals surface area contributed by atoms with Crippen molar-refractivity contribution in [3.05, 3.63) is 83.4 Å². The maximum absolute atomic E-state index is 15.5. The minimum atomic E-state index is -4.63. The summed E-state index contributed by atoms with van der Waals surface area (Å²) in [6.07, 6.45) is -1.82. The number of hydrogen-bond donors (Lipinski definition) is 2. The quantitative estimate of drug-likeness (QED) is 0.170. The summed E-state index contributed by atoms with van der Waals surface area (Å²) in [5.41, 5.74) is -1.97. The number of hydrazine groups is 1. The van der Waals surface area contributed by atoms with E-state index in [0.29, 0.717) is 11.1 Å². The van der Waals surface area contributed by atoms with Gasteiger partial charge in [-0.05, 0) is 23.8 Å². The van der Waals surface area contributed by atoms with Crippen LogP contribution in [0.1, 0.15) is 22.9 Å². The lowest BCUT2D eigenvalue weighted by Crippen LogP contribution is -2.40. The van der Waals surface area contributed by atoms with Crippen LogP contribution in [0.25, 0.3) is 11.1 Å². The lowest BCUT2D eigenvalue weighted by atomic mass is 9.89. The number of alkyl halides is 5. The lowest BCUT2D eigenvalue weighted by Gasteiger charge is -2.29. The summed E-state index contributed by atoms with van der Waals surface area (Å²) in [4.78, 5) is 7.05. The minimum Gasteiger partial charge on any atom is -0.322 e. The van der Waals surface area contributed by atoms with Gasteiger partial charge in [-0.1, -0.05) is 18.2 Å². The van der Waals surface area contributed by atoms with Crippen LogP contribution in [-0.2, 0) is 12.1 Å². The number of nitrogens with two attached hydrogens (primary N) is 2. The van der Waals surface area contributed by atoms with Gasteiger partial charge >= 0.3 is 6.18 Å². The highest BCUT2D eigenvalue weighted by Crippen LogP contribution is 2.43. The molecule has 2 aromatic heterocycles. The molecule has 13 heteroatoms. The molecule has 34 heavy (non-hydrogen) atoms. The van der Waals surface area contributed by atoms with E-state index in [0.717, 1.165) is 49.1 Å². The molecule has 1 aromatic carbocycles. The number of benzene rings is 1. The molecule has 0 saturated heterocycles. The van der Waals surface area contributed by atoms with Crippen LogP contribution in [0.5, 0.6) is 0 Å². The van der Waals surface area contributed by atoms with Crippen molar-refractivity contribution in [2.45, 2.75) is 18.0 Å². The second-order valence-corrected chi connectivity index (χ2v) is 7.16. The molecule has 3 aromatic rings. The van der Waals surface area contributed by atoms with Crippen molar-refractivity contribution in [3.63, 3.8) is 0 Å². The second-order valence-electron chi connectivity index (χ2n) is 7.16. The zero-order valence-electron chi connectivity index (χ0n) is 17.1. The molecule has 1 unspecified atom stereocenters. The van der Waals surface area contributed by atoms with Crippen LogP contribution in [0.4, 0.5) is 30.7 Å². The summed E-state index contributed by atoms with van der Waals surface area (Å²) in [5, 5.41) is 3.84. The summed E-state index contributed by atoms with van der Waals surface area (Å²) >= 11 is 0. The molecule has 0 aliphatic rings. The molecule has 3 rings (SSSR count). The van der Waals surface area contributed by atoms with Crippen LogP contribution in [0, 0.1) is 11.6 Å². The summed E-state index contributed by atoms with van der Waals surface area (Å²) < 4.78 is 96.7. The number of hydrazone groups is 1. The van der Waals surface area contributed by atoms with Gasteiger partial charge in [0.25, 0.3) is 5.92 Å². The van der Waals surface area contributed by atoms with Crippen molar-refractivity contribution in [2.24, 2.45) is 16.8 Å². The Kier molecular flexibility index (Phi) is 7.05. The average molecular weight is 486 g/mol. The molecule has 180 valence electrons. The topological polar surface area (TPSA) is 93.4 Å². The van der Waals surface area contributed by atoms with E-state index in [4.69, 9.17) is 11.7 Å². The van der Waals surface area contributed by atoms with Crippen molar-refractivity contribution in [1.82, 2.24) is 15.0 Å². The van der Waals surface area contributed by atoms with E-state index in [9.17, 15) is 22.0 Å². The molecular formula is C21H17F7N6. The first-order valence-corrected chi connectivity index (χ1v) is 9.51. The van der Waals surface area contributed by atoms with Gasteiger partial charge in [-0.15, -0.1) is 0 Å². The van der Waals surface area contributed by atoms with Crippen LogP contribution in [0.15, 0.2) is 60.0 Å². The molecule has 0 aliphatic carbocycles. The van der Waals surface area contributed by atoms with Crippen LogP contribution in [0.2, 0.25) is 0 Å². The van der Waals surface area contributed by atoms with Crippen molar-refractivity contribution in [1.29, 1.82) is 0 Å². The molecule has 6 nitrogen and oxygen atoms in total. The highest BCUT2D eigenvalue weighted by molar-refractivity contribution is 5.61. The number of halogens is 7. The Labute approximate surface area is 188 Å². The SMILES string of the molecule is N/N=C\N(N)CC(c1ccc(F)cc1F)C(F)(F)c1ccc(-c2ccc(C(F)(F)F)nc2)cn1. The number of rotatable bonds is 7. The Hall–Kier alpha value is -3.74. The van der Waals surface area contributed by atoms with E-state index in [1.165, 1.54) is 6.07 Å². The Balaban J connectivity index is 1.96. The largest absolute Gasteiger partial charge is 0.433 e. The monoisotopic (exact) mass is 486 g/mol. The molecule has 0 radical (unpaired) electrons. The van der Waals surface area contributed by atoms with Gasteiger partial charge in [-0.2, -0.15) is 27.1 Å². The molecular weight excluding hydrogens is 469 g/mol. The molecule has 0 amide bonds. The molecule has 0 fully saturated rings. The highest BCUT2D eigenvalue weighted by atomic mass is 19.4. The van der Waals surface area contributed by atoms with Crippen molar-refractivity contribution < 1.29 is 30.7 Å². The molecule has 0 bridgehead atoms. The van der Waals surface area contributed by atoms with Gasteiger partial charge in [0.05, 0.1) is 5.92 Å². The minimum absolute atomic E-state index is 0.212. The van der Waals surface area contributed by atoms with Gasteiger partial charge in [0, 0.05) is 36.1 Å². The van der Waals surface area contributed by atoms with Crippen molar-refractivity contribution in [2.75, 3.05) is 6.54 Å². The average Bonchev–Trinajstić information content (AvgIpc) is 2.78. The normalized spacial score (nSPS) is 13.3. The van der Waals surface area contributed by atoms with Crippen molar-refractivity contribution >= 4 is 6.34 Å². The number of aromatic nitrogens is 2. The zero-order chi connectivity index (χ0) is 25.1. The molecule has 2 heterocycles. The van der Waals surface area contributed by atoms with Gasteiger partial charge in [0.1, 0.15) is 29.4 Å². The lowest BCUT2D eigenvalue weighted by molar-refractivity contribution is -0.141. The van der Waals surface area contributed by atoms with E-state index >= 15 is 8.78 Å². The summed E-state index contributed by atoms with van der Waals surface area (Å²) in [7, 11) is 0. The number of hydrogen-bond acceptors (Lipinski definition) is 5. The van der Waals surface area contributed by atoms with Crippen LogP contribution in [-0.4, -0.2) is 27.9 Å². The van der Waals surface area contributed by atoms with E-state index in [1.54, 1.807) is 0 Å². The fourth-order valence-corrected chi connectivity index (χ4v) is 3.21. The Morgan fingerprint density at radius 1 is 0.912 bits per heavy atom. The third-order valence-corrected chi connectivity index (χ3v) is 4.88. The second kappa shape index (κ2) is 9.63. The summed E-state index contributed by atoms with van der Waals surface area (Å²) in [6, 6.07) is 6.19. The fraction of sp³-hybridized carbons (Fsp3) is 0.190. The van der Waals surface area contributed by atoms with Gasteiger partial charge < -0.3 is 5.84 Å². The van der Waals surface area contributed by atoms with Gasteiger partial charge in [0.2, 0.25) is 0 Å². The first-order chi connectivity index (χ1) is 15.9. The Morgan fingerprint density at radius 2 is 1.50 bits per heavy atom. The van der Waals surface area contributed by atoms with E-state index in [1.807, 2.05) is 0 Å². The van der Waals surface area contributed by atoms with Crippen molar-refractivity contribution in [3.8, 4) is 11.1 Å². The molecule has 0 saturated carbocycles. The standard InChI is InChI=1S/C21H17F7N6/c22-14-3-4-15(17(23)7-14)16(10-34(30)11-33-29)20(24,25)18-5-1-12(8-31-18)13-2-6-19(32-9-13)21(26,27)28/h1-9,11,16H,10,29-30H2/b33-11-. The van der Waals surface area contributed by atoms with Crippen LogP contribution < -0.4 is 11.7 Å². The van der Waals surface area contributed by atoms with Gasteiger partial charge in [0.15, 0.2) is 0 Å². The molecule has 4 N–H and O–H groups in total. The van der Waals surface area contributed by atoms with Gasteiger partial charge in [-0.3, -0.25) is 15.0 Å². The van der Waals surface area contributed by atoms with Gasteiger partial charge in [-0.25, -0.2) is 14.6 Å². The predicted octanol–water partition coefficient (Wildman–Crippen LogP) is 4.39. The maximum Gasteiger partial charge on any atom is 0.433 e. The van der Waals surface area contributed by atoms with E-state index in [-0.39, 0.29) is 11.1 Å². The summed E-state index contributed by atoms with van der Waals surface area (Å²) in [6.45, 7) is -0.664.